The molecule has 0 spiro atoms. The second-order valence-electron chi connectivity index (χ2n) is 5.40. The van der Waals surface area contributed by atoms with Gasteiger partial charge in [-0.1, -0.05) is 20.8 Å². The zero-order valence-corrected chi connectivity index (χ0v) is 10.6. The van der Waals surface area contributed by atoms with Crippen molar-refractivity contribution < 1.29 is 4.79 Å². The van der Waals surface area contributed by atoms with Crippen molar-refractivity contribution in [2.45, 2.75) is 52.6 Å². The number of hydrogen-bond donors (Lipinski definition) is 1. The Kier molecular flexibility index (Phi) is 3.77. The first-order chi connectivity index (χ1) is 6.88. The number of piperazine rings is 1. The van der Waals surface area contributed by atoms with E-state index in [1.807, 2.05) is 11.8 Å². The van der Waals surface area contributed by atoms with Crippen molar-refractivity contribution in [3.8, 4) is 0 Å². The number of carbonyl (C=O) groups is 1. The third kappa shape index (κ3) is 2.71. The van der Waals surface area contributed by atoms with Gasteiger partial charge in [0.15, 0.2) is 0 Å². The molecule has 1 amide bonds. The van der Waals surface area contributed by atoms with Crippen LogP contribution in [-0.2, 0) is 4.79 Å². The van der Waals surface area contributed by atoms with Crippen molar-refractivity contribution in [3.05, 3.63) is 0 Å². The lowest BCUT2D eigenvalue weighted by Crippen LogP contribution is -2.64. The highest BCUT2D eigenvalue weighted by Crippen LogP contribution is 2.22. The average molecular weight is 212 g/mol. The Morgan fingerprint density at radius 2 is 2.13 bits per heavy atom. The van der Waals surface area contributed by atoms with Gasteiger partial charge in [-0.3, -0.25) is 4.79 Å². The van der Waals surface area contributed by atoms with Crippen molar-refractivity contribution in [2.75, 3.05) is 13.1 Å². The molecule has 0 radical (unpaired) electrons. The number of amides is 1. The fourth-order valence-electron chi connectivity index (χ4n) is 2.06. The fourth-order valence-corrected chi connectivity index (χ4v) is 2.06. The summed E-state index contributed by atoms with van der Waals surface area (Å²) in [6, 6.07) is 0.438. The molecule has 1 saturated heterocycles. The first kappa shape index (κ1) is 12.5. The Bertz CT molecular complexity index is 236. The van der Waals surface area contributed by atoms with Gasteiger partial charge < -0.3 is 10.2 Å². The smallest absolute Gasteiger partial charge is 0.222 e. The Balaban J connectivity index is 2.75. The van der Waals surface area contributed by atoms with Crippen LogP contribution in [0.5, 0.6) is 0 Å². The molecular formula is C12H24N2O. The largest absolute Gasteiger partial charge is 0.335 e. The molecule has 1 unspecified atom stereocenters. The first-order valence-electron chi connectivity index (χ1n) is 5.92. The minimum Gasteiger partial charge on any atom is -0.335 e. The predicted octanol–water partition coefficient (Wildman–Crippen LogP) is 1.63. The number of carbonyl (C=O) groups excluding carboxylic acids is 1. The van der Waals surface area contributed by atoms with Crippen LogP contribution in [0.25, 0.3) is 0 Å². The van der Waals surface area contributed by atoms with Gasteiger partial charge in [-0.05, 0) is 19.8 Å². The molecule has 0 aliphatic carbocycles. The van der Waals surface area contributed by atoms with E-state index < -0.39 is 0 Å². The van der Waals surface area contributed by atoms with Gasteiger partial charge in [0.25, 0.3) is 0 Å². The van der Waals surface area contributed by atoms with E-state index >= 15 is 0 Å². The molecule has 3 nitrogen and oxygen atoms in total. The minimum atomic E-state index is -0.0432. The Morgan fingerprint density at radius 3 is 2.60 bits per heavy atom. The molecule has 1 atom stereocenters. The van der Waals surface area contributed by atoms with Crippen molar-refractivity contribution in [2.24, 2.45) is 5.92 Å². The fraction of sp³-hybridized carbons (Fsp3) is 0.917. The van der Waals surface area contributed by atoms with Crippen molar-refractivity contribution in [1.29, 1.82) is 0 Å². The highest BCUT2D eigenvalue weighted by atomic mass is 16.2. The maximum absolute atomic E-state index is 11.8. The Labute approximate surface area is 93.2 Å². The van der Waals surface area contributed by atoms with Gasteiger partial charge in [-0.25, -0.2) is 0 Å². The van der Waals surface area contributed by atoms with Gasteiger partial charge in [0.2, 0.25) is 5.91 Å². The van der Waals surface area contributed by atoms with Gasteiger partial charge in [-0.15, -0.1) is 0 Å². The molecule has 1 N–H and O–H groups in total. The second kappa shape index (κ2) is 4.52. The first-order valence-corrected chi connectivity index (χ1v) is 5.92. The molecule has 15 heavy (non-hydrogen) atoms. The van der Waals surface area contributed by atoms with Crippen LogP contribution in [0.4, 0.5) is 0 Å². The van der Waals surface area contributed by atoms with E-state index in [4.69, 9.17) is 0 Å². The minimum absolute atomic E-state index is 0.0432. The summed E-state index contributed by atoms with van der Waals surface area (Å²) in [5.41, 5.74) is -0.0432. The van der Waals surface area contributed by atoms with Crippen LogP contribution in [0, 0.1) is 5.92 Å². The van der Waals surface area contributed by atoms with Crippen LogP contribution >= 0.6 is 0 Å². The molecule has 1 aliphatic rings. The quantitative estimate of drug-likeness (QED) is 0.754. The molecule has 0 aromatic rings. The summed E-state index contributed by atoms with van der Waals surface area (Å²) < 4.78 is 0. The summed E-state index contributed by atoms with van der Waals surface area (Å²) in [5.74, 6) is 0.848. The summed E-state index contributed by atoms with van der Waals surface area (Å²) in [7, 11) is 0. The maximum Gasteiger partial charge on any atom is 0.222 e. The van der Waals surface area contributed by atoms with Gasteiger partial charge in [0.1, 0.15) is 0 Å². The van der Waals surface area contributed by atoms with Crippen molar-refractivity contribution in [3.63, 3.8) is 0 Å². The molecule has 88 valence electrons. The Hall–Kier alpha value is -0.570. The van der Waals surface area contributed by atoms with E-state index in [0.29, 0.717) is 18.4 Å². The van der Waals surface area contributed by atoms with Crippen molar-refractivity contribution >= 4 is 5.91 Å². The van der Waals surface area contributed by atoms with E-state index in [2.05, 4.69) is 33.0 Å². The van der Waals surface area contributed by atoms with Gasteiger partial charge in [0.05, 0.1) is 0 Å². The highest BCUT2D eigenvalue weighted by Gasteiger charge is 2.36. The van der Waals surface area contributed by atoms with Crippen LogP contribution in [0.2, 0.25) is 0 Å². The third-order valence-electron chi connectivity index (χ3n) is 3.32. The van der Waals surface area contributed by atoms with Crippen LogP contribution in [0.1, 0.15) is 41.0 Å². The number of hydrogen-bond acceptors (Lipinski definition) is 2. The number of nitrogens with one attached hydrogen (secondary N) is 1. The normalized spacial score (nSPS) is 25.7. The molecular weight excluding hydrogens is 188 g/mol. The summed E-state index contributed by atoms with van der Waals surface area (Å²) in [6.45, 7) is 12.3. The molecule has 1 fully saturated rings. The summed E-state index contributed by atoms with van der Waals surface area (Å²) in [4.78, 5) is 13.9. The zero-order valence-electron chi connectivity index (χ0n) is 10.6. The van der Waals surface area contributed by atoms with Crippen LogP contribution in [0.3, 0.4) is 0 Å². The van der Waals surface area contributed by atoms with Crippen LogP contribution < -0.4 is 5.32 Å². The standard InChI is InChI=1S/C12H24N2O/c1-6-11(15)14-7-10(9(2)3)13-8-12(14,4)5/h9-10,13H,6-8H2,1-5H3. The summed E-state index contributed by atoms with van der Waals surface area (Å²) in [6.07, 6.45) is 0.605. The van der Waals surface area contributed by atoms with Gasteiger partial charge >= 0.3 is 0 Å². The molecule has 1 heterocycles. The lowest BCUT2D eigenvalue weighted by Gasteiger charge is -2.47. The van der Waals surface area contributed by atoms with Crippen LogP contribution in [-0.4, -0.2) is 35.5 Å². The Morgan fingerprint density at radius 1 is 1.53 bits per heavy atom. The van der Waals surface area contributed by atoms with E-state index in [1.165, 1.54) is 0 Å². The molecule has 0 saturated carbocycles. The third-order valence-corrected chi connectivity index (χ3v) is 3.32. The lowest BCUT2D eigenvalue weighted by molar-refractivity contribution is -0.138. The van der Waals surface area contributed by atoms with Crippen molar-refractivity contribution in [1.82, 2.24) is 10.2 Å². The molecule has 0 aromatic carbocycles. The van der Waals surface area contributed by atoms with Gasteiger partial charge in [-0.2, -0.15) is 0 Å². The molecule has 0 aromatic heterocycles. The summed E-state index contributed by atoms with van der Waals surface area (Å²) >= 11 is 0. The van der Waals surface area contributed by atoms with Gasteiger partial charge in [0, 0.05) is 31.1 Å². The van der Waals surface area contributed by atoms with E-state index in [1.54, 1.807) is 0 Å². The number of nitrogens with zero attached hydrogens (tertiary/aromatic N) is 1. The second-order valence-corrected chi connectivity index (χ2v) is 5.40. The topological polar surface area (TPSA) is 32.3 Å². The molecule has 1 rings (SSSR count). The zero-order chi connectivity index (χ0) is 11.6. The lowest BCUT2D eigenvalue weighted by atomic mass is 9.92. The van der Waals surface area contributed by atoms with E-state index in [-0.39, 0.29) is 11.4 Å². The predicted molar refractivity (Wildman–Crippen MR) is 62.7 cm³/mol. The number of rotatable bonds is 2. The highest BCUT2D eigenvalue weighted by molar-refractivity contribution is 5.76. The van der Waals surface area contributed by atoms with Crippen LogP contribution in [0.15, 0.2) is 0 Å². The summed E-state index contributed by atoms with van der Waals surface area (Å²) in [5, 5.41) is 3.52. The maximum atomic E-state index is 11.8. The van der Waals surface area contributed by atoms with E-state index in [9.17, 15) is 4.79 Å². The molecule has 3 heteroatoms. The monoisotopic (exact) mass is 212 g/mol. The molecule has 0 bridgehead atoms. The van der Waals surface area contributed by atoms with E-state index in [0.717, 1.165) is 13.1 Å². The molecule has 1 aliphatic heterocycles. The SMILES string of the molecule is CCC(=O)N1CC(C(C)C)NCC1(C)C. The average Bonchev–Trinajstić information content (AvgIpc) is 2.15.